The van der Waals surface area contributed by atoms with Gasteiger partial charge in [0.05, 0.1) is 13.7 Å². The normalized spacial score (nSPS) is 27.4. The van der Waals surface area contributed by atoms with Gasteiger partial charge < -0.3 is 24.6 Å². The third-order valence-electron chi connectivity index (χ3n) is 6.39. The van der Waals surface area contributed by atoms with E-state index in [1.54, 1.807) is 7.11 Å². The summed E-state index contributed by atoms with van der Waals surface area (Å²) >= 11 is 0. The predicted octanol–water partition coefficient (Wildman–Crippen LogP) is 2.83. The summed E-state index contributed by atoms with van der Waals surface area (Å²) < 4.78 is 11.0. The van der Waals surface area contributed by atoms with E-state index in [0.29, 0.717) is 11.3 Å². The largest absolute Gasteiger partial charge is 0.497 e. The van der Waals surface area contributed by atoms with Crippen LogP contribution in [0.15, 0.2) is 29.3 Å². The van der Waals surface area contributed by atoms with E-state index in [1.165, 1.54) is 24.9 Å². The van der Waals surface area contributed by atoms with E-state index in [4.69, 9.17) is 9.47 Å². The Balaban J connectivity index is 0.00000225. The fraction of sp³-hybridized carbons (Fsp3) is 0.667. The molecule has 6 nitrogen and oxygen atoms in total. The quantitative estimate of drug-likeness (QED) is 0.392. The van der Waals surface area contributed by atoms with Crippen LogP contribution in [0, 0.1) is 11.3 Å². The topological polar surface area (TPSA) is 49.3 Å². The molecule has 0 saturated carbocycles. The molecule has 0 aromatic heterocycles. The molecule has 0 radical (unpaired) electrons. The van der Waals surface area contributed by atoms with Gasteiger partial charge in [-0.1, -0.05) is 6.07 Å². The molecule has 7 heteroatoms. The molecule has 1 spiro atoms. The molecular formula is C21H33IN4O2. The number of hydrogen-bond donors (Lipinski definition) is 1. The lowest BCUT2D eigenvalue weighted by molar-refractivity contribution is 0.156. The van der Waals surface area contributed by atoms with Crippen LogP contribution in [0.5, 0.6) is 5.75 Å². The lowest BCUT2D eigenvalue weighted by Gasteiger charge is -2.26. The molecule has 2 atom stereocenters. The van der Waals surface area contributed by atoms with Gasteiger partial charge >= 0.3 is 0 Å². The molecule has 3 saturated heterocycles. The van der Waals surface area contributed by atoms with E-state index in [0.717, 1.165) is 57.6 Å². The monoisotopic (exact) mass is 500 g/mol. The fourth-order valence-electron chi connectivity index (χ4n) is 4.70. The molecule has 0 amide bonds. The van der Waals surface area contributed by atoms with Crippen LogP contribution >= 0.6 is 24.0 Å². The maximum absolute atomic E-state index is 5.65. The number of rotatable bonds is 4. The van der Waals surface area contributed by atoms with Crippen molar-refractivity contribution < 1.29 is 9.47 Å². The van der Waals surface area contributed by atoms with Gasteiger partial charge in [-0.25, -0.2) is 0 Å². The summed E-state index contributed by atoms with van der Waals surface area (Å²) in [7, 11) is 3.62. The van der Waals surface area contributed by atoms with Crippen molar-refractivity contribution >= 4 is 35.6 Å². The van der Waals surface area contributed by atoms with Gasteiger partial charge in [0, 0.05) is 63.5 Å². The first-order chi connectivity index (χ1) is 13.2. The summed E-state index contributed by atoms with van der Waals surface area (Å²) in [6.07, 6.45) is 3.62. The zero-order chi connectivity index (χ0) is 18.7. The highest BCUT2D eigenvalue weighted by atomic mass is 127. The van der Waals surface area contributed by atoms with E-state index in [2.05, 4.69) is 38.3 Å². The standard InChI is InChI=1S/C21H32N4O2.HI/c1-22-20(25-10-7-21(15-25)8-11-27-16-21)23-13-17-6-9-24(14-17)18-4-3-5-19(12-18)26-2;/h3-5,12,17H,6-11,13-16H2,1-2H3,(H,22,23);1H. The van der Waals surface area contributed by atoms with Crippen LogP contribution in [-0.2, 0) is 4.74 Å². The zero-order valence-electron chi connectivity index (χ0n) is 17.0. The lowest BCUT2D eigenvalue weighted by Crippen LogP contribution is -2.43. The number of likely N-dealkylation sites (tertiary alicyclic amines) is 1. The minimum Gasteiger partial charge on any atom is -0.497 e. The summed E-state index contributed by atoms with van der Waals surface area (Å²) in [5.74, 6) is 2.62. The Morgan fingerprint density at radius 1 is 1.36 bits per heavy atom. The molecule has 1 aromatic carbocycles. The van der Waals surface area contributed by atoms with Gasteiger partial charge in [-0.3, -0.25) is 4.99 Å². The van der Waals surface area contributed by atoms with Gasteiger partial charge in [0.25, 0.3) is 0 Å². The number of aliphatic imine (C=N–C) groups is 1. The summed E-state index contributed by atoms with van der Waals surface area (Å²) in [4.78, 5) is 9.42. The van der Waals surface area contributed by atoms with Crippen molar-refractivity contribution in [1.29, 1.82) is 0 Å². The average molecular weight is 500 g/mol. The SMILES string of the molecule is CN=C(NCC1CCN(c2cccc(OC)c2)C1)N1CCC2(CCOC2)C1.I. The molecule has 156 valence electrons. The van der Waals surface area contributed by atoms with E-state index in [1.807, 2.05) is 13.1 Å². The third-order valence-corrected chi connectivity index (χ3v) is 6.39. The van der Waals surface area contributed by atoms with Crippen LogP contribution in [-0.4, -0.2) is 71.0 Å². The highest BCUT2D eigenvalue weighted by molar-refractivity contribution is 14.0. The number of nitrogens with one attached hydrogen (secondary N) is 1. The van der Waals surface area contributed by atoms with Crippen LogP contribution in [0.3, 0.4) is 0 Å². The smallest absolute Gasteiger partial charge is 0.193 e. The van der Waals surface area contributed by atoms with E-state index in [-0.39, 0.29) is 24.0 Å². The van der Waals surface area contributed by atoms with Crippen molar-refractivity contribution in [3.63, 3.8) is 0 Å². The van der Waals surface area contributed by atoms with Gasteiger partial charge in [0.1, 0.15) is 5.75 Å². The van der Waals surface area contributed by atoms with Crippen molar-refractivity contribution in [2.75, 3.05) is 65.0 Å². The number of methoxy groups -OCH3 is 1. The van der Waals surface area contributed by atoms with E-state index in [9.17, 15) is 0 Å². The first kappa shape index (κ1) is 21.5. The highest BCUT2D eigenvalue weighted by Gasteiger charge is 2.42. The van der Waals surface area contributed by atoms with Crippen LogP contribution in [0.1, 0.15) is 19.3 Å². The summed E-state index contributed by atoms with van der Waals surface area (Å²) in [6.45, 7) is 7.15. The second kappa shape index (κ2) is 9.52. The molecule has 3 fully saturated rings. The number of guanidine groups is 1. The number of halogens is 1. The summed E-state index contributed by atoms with van der Waals surface area (Å²) in [5.41, 5.74) is 1.62. The second-order valence-corrected chi connectivity index (χ2v) is 8.20. The molecule has 0 bridgehead atoms. The van der Waals surface area contributed by atoms with Crippen molar-refractivity contribution in [2.45, 2.75) is 19.3 Å². The van der Waals surface area contributed by atoms with Crippen LogP contribution in [0.4, 0.5) is 5.69 Å². The average Bonchev–Trinajstić information content (AvgIpc) is 3.45. The number of benzene rings is 1. The second-order valence-electron chi connectivity index (χ2n) is 8.20. The molecule has 3 aliphatic rings. The third kappa shape index (κ3) is 4.67. The first-order valence-corrected chi connectivity index (χ1v) is 10.1. The van der Waals surface area contributed by atoms with E-state index < -0.39 is 0 Å². The minimum absolute atomic E-state index is 0. The van der Waals surface area contributed by atoms with Gasteiger partial charge in [0.15, 0.2) is 5.96 Å². The Kier molecular flexibility index (Phi) is 7.31. The first-order valence-electron chi connectivity index (χ1n) is 10.1. The summed E-state index contributed by atoms with van der Waals surface area (Å²) in [6, 6.07) is 8.37. The van der Waals surface area contributed by atoms with Crippen molar-refractivity contribution in [3.05, 3.63) is 24.3 Å². The Morgan fingerprint density at radius 2 is 2.25 bits per heavy atom. The molecule has 4 rings (SSSR count). The van der Waals surface area contributed by atoms with Crippen molar-refractivity contribution in [2.24, 2.45) is 16.3 Å². The Bertz CT molecular complexity index is 678. The molecule has 1 N–H and O–H groups in total. The van der Waals surface area contributed by atoms with Gasteiger partial charge in [-0.2, -0.15) is 0 Å². The van der Waals surface area contributed by atoms with Crippen molar-refractivity contribution in [3.8, 4) is 5.75 Å². The molecule has 3 heterocycles. The molecule has 2 unspecified atom stereocenters. The van der Waals surface area contributed by atoms with Crippen LogP contribution in [0.25, 0.3) is 0 Å². The zero-order valence-corrected chi connectivity index (χ0v) is 19.4. The maximum Gasteiger partial charge on any atom is 0.193 e. The Morgan fingerprint density at radius 3 is 3.00 bits per heavy atom. The van der Waals surface area contributed by atoms with Gasteiger partial charge in [-0.05, 0) is 37.3 Å². The predicted molar refractivity (Wildman–Crippen MR) is 124 cm³/mol. The number of hydrogen-bond acceptors (Lipinski definition) is 4. The number of anilines is 1. The summed E-state index contributed by atoms with van der Waals surface area (Å²) in [5, 5.41) is 3.64. The minimum atomic E-state index is 0. The molecular weight excluding hydrogens is 467 g/mol. The van der Waals surface area contributed by atoms with Gasteiger partial charge in [0.2, 0.25) is 0 Å². The lowest BCUT2D eigenvalue weighted by atomic mass is 9.87. The number of ether oxygens (including phenoxy) is 2. The Labute approximate surface area is 185 Å². The van der Waals surface area contributed by atoms with Crippen molar-refractivity contribution in [1.82, 2.24) is 10.2 Å². The highest BCUT2D eigenvalue weighted by Crippen LogP contribution is 2.38. The van der Waals surface area contributed by atoms with Crippen LogP contribution in [0.2, 0.25) is 0 Å². The molecule has 28 heavy (non-hydrogen) atoms. The maximum atomic E-state index is 5.65. The molecule has 1 aromatic rings. The number of nitrogens with zero attached hydrogens (tertiary/aromatic N) is 3. The fourth-order valence-corrected chi connectivity index (χ4v) is 4.70. The van der Waals surface area contributed by atoms with Crippen LogP contribution < -0.4 is 15.0 Å². The van der Waals surface area contributed by atoms with Gasteiger partial charge in [-0.15, -0.1) is 24.0 Å². The molecule has 3 aliphatic heterocycles. The molecule has 0 aliphatic carbocycles. The Hall–Kier alpha value is -1.22. The van der Waals surface area contributed by atoms with E-state index >= 15 is 0 Å².